The van der Waals surface area contributed by atoms with E-state index < -0.39 is 0 Å². The molecule has 0 fully saturated rings. The first-order valence-corrected chi connectivity index (χ1v) is 10.4. The molecule has 1 aromatic heterocycles. The lowest BCUT2D eigenvalue weighted by Crippen LogP contribution is -2.35. The van der Waals surface area contributed by atoms with Gasteiger partial charge in [-0.2, -0.15) is 5.10 Å². The van der Waals surface area contributed by atoms with Crippen LogP contribution in [0.2, 0.25) is 0 Å². The topological polar surface area (TPSA) is 59.4 Å². The maximum absolute atomic E-state index is 13.3. The second kappa shape index (κ2) is 8.89. The van der Waals surface area contributed by atoms with E-state index in [2.05, 4.69) is 15.3 Å². The Hall–Kier alpha value is -3.19. The number of hydrogen-bond donors (Lipinski definition) is 1. The Morgan fingerprint density at radius 1 is 1.16 bits per heavy atom. The number of amides is 1. The minimum atomic E-state index is -0.293. The summed E-state index contributed by atoms with van der Waals surface area (Å²) in [5, 5.41) is 7.67. The van der Waals surface area contributed by atoms with E-state index in [-0.39, 0.29) is 17.8 Å². The molecule has 2 aromatic carbocycles. The van der Waals surface area contributed by atoms with Gasteiger partial charge in [0.1, 0.15) is 11.6 Å². The lowest BCUT2D eigenvalue weighted by atomic mass is 10.1. The Balaban J connectivity index is 1.54. The molecule has 162 valence electrons. The molecule has 0 radical (unpaired) electrons. The second-order valence-corrected chi connectivity index (χ2v) is 7.98. The van der Waals surface area contributed by atoms with Crippen LogP contribution in [-0.4, -0.2) is 48.3 Å². The summed E-state index contributed by atoms with van der Waals surface area (Å²) in [6.07, 6.45) is 2.68. The quantitative estimate of drug-likeness (QED) is 0.633. The minimum absolute atomic E-state index is 0.0158. The van der Waals surface area contributed by atoms with E-state index in [1.165, 1.54) is 12.1 Å². The van der Waals surface area contributed by atoms with Crippen molar-refractivity contribution in [3.8, 4) is 11.4 Å². The first-order valence-electron chi connectivity index (χ1n) is 10.4. The molecule has 4 rings (SSSR count). The smallest absolute Gasteiger partial charge is 0.272 e. The molecule has 1 N–H and O–H groups in total. The Labute approximate surface area is 181 Å². The van der Waals surface area contributed by atoms with Crippen LogP contribution < -0.4 is 10.1 Å². The van der Waals surface area contributed by atoms with Crippen LogP contribution in [0.3, 0.4) is 0 Å². The molecular formula is C24H27FN4O2. The number of likely N-dealkylation sites (N-methyl/N-ethyl adjacent to an activating group) is 1. The van der Waals surface area contributed by atoms with E-state index in [9.17, 15) is 9.18 Å². The van der Waals surface area contributed by atoms with Crippen molar-refractivity contribution in [2.75, 3.05) is 27.7 Å². The molecule has 0 bridgehead atoms. The fraction of sp³-hybridized carbons (Fsp3) is 0.333. The molecule has 3 aromatic rings. The van der Waals surface area contributed by atoms with Gasteiger partial charge >= 0.3 is 0 Å². The summed E-state index contributed by atoms with van der Waals surface area (Å²) >= 11 is 0. The van der Waals surface area contributed by atoms with Crippen LogP contribution in [0.25, 0.3) is 5.69 Å². The van der Waals surface area contributed by atoms with Crippen LogP contribution in [0.5, 0.6) is 5.75 Å². The summed E-state index contributed by atoms with van der Waals surface area (Å²) in [5.41, 5.74) is 4.35. The molecule has 1 unspecified atom stereocenters. The SMILES string of the molecule is COc1ccc(C(CNC(=O)c2nn(-c3ccc(F)cc3)c3c2CCC3)N(C)C)cc1. The van der Waals surface area contributed by atoms with Gasteiger partial charge in [0, 0.05) is 17.8 Å². The fourth-order valence-corrected chi connectivity index (χ4v) is 4.11. The Morgan fingerprint density at radius 2 is 1.87 bits per heavy atom. The van der Waals surface area contributed by atoms with Crippen molar-refractivity contribution in [1.29, 1.82) is 0 Å². The maximum Gasteiger partial charge on any atom is 0.272 e. The van der Waals surface area contributed by atoms with Crippen molar-refractivity contribution in [3.05, 3.63) is 76.9 Å². The second-order valence-electron chi connectivity index (χ2n) is 7.98. The predicted molar refractivity (Wildman–Crippen MR) is 117 cm³/mol. The first kappa shape index (κ1) is 21.1. The molecule has 6 nitrogen and oxygen atoms in total. The zero-order valence-corrected chi connectivity index (χ0v) is 18.1. The van der Waals surface area contributed by atoms with E-state index in [1.54, 1.807) is 23.9 Å². The monoisotopic (exact) mass is 422 g/mol. The third-order valence-electron chi connectivity index (χ3n) is 5.80. The van der Waals surface area contributed by atoms with Crippen molar-refractivity contribution in [3.63, 3.8) is 0 Å². The van der Waals surface area contributed by atoms with Gasteiger partial charge in [0.05, 0.1) is 18.8 Å². The number of nitrogens with zero attached hydrogens (tertiary/aromatic N) is 3. The highest BCUT2D eigenvalue weighted by Gasteiger charge is 2.27. The molecule has 1 heterocycles. The summed E-state index contributed by atoms with van der Waals surface area (Å²) in [6, 6.07) is 14.1. The summed E-state index contributed by atoms with van der Waals surface area (Å²) in [4.78, 5) is 15.1. The van der Waals surface area contributed by atoms with Crippen LogP contribution in [0.4, 0.5) is 4.39 Å². The van der Waals surface area contributed by atoms with Gasteiger partial charge in [-0.05, 0) is 75.3 Å². The number of benzene rings is 2. The van der Waals surface area contributed by atoms with Gasteiger partial charge in [0.25, 0.3) is 5.91 Å². The molecule has 0 spiro atoms. The highest BCUT2D eigenvalue weighted by Crippen LogP contribution is 2.28. The van der Waals surface area contributed by atoms with Gasteiger partial charge in [-0.1, -0.05) is 12.1 Å². The molecule has 0 aliphatic heterocycles. The lowest BCUT2D eigenvalue weighted by molar-refractivity contribution is 0.0935. The molecule has 0 saturated heterocycles. The number of ether oxygens (including phenoxy) is 1. The molecular weight excluding hydrogens is 395 g/mol. The zero-order valence-electron chi connectivity index (χ0n) is 18.1. The average molecular weight is 423 g/mol. The fourth-order valence-electron chi connectivity index (χ4n) is 4.11. The van der Waals surface area contributed by atoms with Gasteiger partial charge in [0.2, 0.25) is 0 Å². The third kappa shape index (κ3) is 4.32. The van der Waals surface area contributed by atoms with Crippen LogP contribution in [0.1, 0.15) is 39.8 Å². The Morgan fingerprint density at radius 3 is 2.52 bits per heavy atom. The van der Waals surface area contributed by atoms with Crippen molar-refractivity contribution < 1.29 is 13.9 Å². The number of carbonyl (C=O) groups excluding carboxylic acids is 1. The van der Waals surface area contributed by atoms with E-state index in [4.69, 9.17) is 4.74 Å². The largest absolute Gasteiger partial charge is 0.497 e. The van der Waals surface area contributed by atoms with E-state index in [1.807, 2.05) is 38.4 Å². The normalized spacial score (nSPS) is 13.8. The van der Waals surface area contributed by atoms with Gasteiger partial charge in [-0.3, -0.25) is 4.79 Å². The Kier molecular flexibility index (Phi) is 6.04. The first-order chi connectivity index (χ1) is 15.0. The number of rotatable bonds is 7. The van der Waals surface area contributed by atoms with Crippen molar-refractivity contribution in [2.24, 2.45) is 0 Å². The number of halogens is 1. The van der Waals surface area contributed by atoms with Crippen LogP contribution in [0, 0.1) is 5.82 Å². The molecule has 7 heteroatoms. The van der Waals surface area contributed by atoms with Gasteiger partial charge < -0.3 is 15.0 Å². The molecule has 0 saturated carbocycles. The summed E-state index contributed by atoms with van der Waals surface area (Å²) < 4.78 is 20.3. The zero-order chi connectivity index (χ0) is 22.0. The number of aromatic nitrogens is 2. The number of nitrogens with one attached hydrogen (secondary N) is 1. The lowest BCUT2D eigenvalue weighted by Gasteiger charge is -2.25. The van der Waals surface area contributed by atoms with Gasteiger partial charge in [-0.25, -0.2) is 9.07 Å². The van der Waals surface area contributed by atoms with E-state index in [0.717, 1.165) is 47.5 Å². The van der Waals surface area contributed by atoms with Crippen molar-refractivity contribution >= 4 is 5.91 Å². The van der Waals surface area contributed by atoms with Crippen LogP contribution in [0.15, 0.2) is 48.5 Å². The van der Waals surface area contributed by atoms with Crippen LogP contribution in [-0.2, 0) is 12.8 Å². The molecule has 1 aliphatic rings. The molecule has 1 atom stereocenters. The van der Waals surface area contributed by atoms with E-state index >= 15 is 0 Å². The standard InChI is InChI=1S/C24H27FN4O2/c1-28(2)22(16-7-13-19(31-3)14-8-16)15-26-24(30)23-20-5-4-6-21(20)29(27-23)18-11-9-17(25)10-12-18/h7-14,22H,4-6,15H2,1-3H3,(H,26,30). The minimum Gasteiger partial charge on any atom is -0.497 e. The molecule has 31 heavy (non-hydrogen) atoms. The van der Waals surface area contributed by atoms with Gasteiger partial charge in [-0.15, -0.1) is 0 Å². The molecule has 1 aliphatic carbocycles. The average Bonchev–Trinajstić information content (AvgIpc) is 3.37. The number of methoxy groups -OCH3 is 1. The predicted octanol–water partition coefficient (Wildman–Crippen LogP) is 3.54. The van der Waals surface area contributed by atoms with E-state index in [0.29, 0.717) is 12.2 Å². The summed E-state index contributed by atoms with van der Waals surface area (Å²) in [5.74, 6) is 0.324. The number of carbonyl (C=O) groups is 1. The third-order valence-corrected chi connectivity index (χ3v) is 5.80. The molecule has 1 amide bonds. The summed E-state index contributed by atoms with van der Waals surface area (Å²) in [6.45, 7) is 0.455. The maximum atomic E-state index is 13.3. The summed E-state index contributed by atoms with van der Waals surface area (Å²) in [7, 11) is 5.62. The van der Waals surface area contributed by atoms with Crippen LogP contribution >= 0.6 is 0 Å². The highest BCUT2D eigenvalue weighted by atomic mass is 19.1. The van der Waals surface area contributed by atoms with Gasteiger partial charge in [0.15, 0.2) is 5.69 Å². The Bertz CT molecular complexity index is 1060. The van der Waals surface area contributed by atoms with Crippen molar-refractivity contribution in [2.45, 2.75) is 25.3 Å². The van der Waals surface area contributed by atoms with Crippen molar-refractivity contribution in [1.82, 2.24) is 20.0 Å². The number of fused-ring (bicyclic) bond motifs is 1. The number of hydrogen-bond acceptors (Lipinski definition) is 4. The highest BCUT2D eigenvalue weighted by molar-refractivity contribution is 5.94.